The molecule has 0 spiro atoms. The molecule has 0 aromatic heterocycles. The number of fused-ring (bicyclic) bond motifs is 1. The molecule has 0 saturated heterocycles. The minimum Gasteiger partial charge on any atom is -0.427 e. The first-order valence-electron chi connectivity index (χ1n) is 5.47. The second kappa shape index (κ2) is 4.24. The molecule has 16 heavy (non-hydrogen) atoms. The first kappa shape index (κ1) is 11.1. The van der Waals surface area contributed by atoms with Crippen molar-refractivity contribution < 1.29 is 4.80 Å². The van der Waals surface area contributed by atoms with Crippen molar-refractivity contribution in [2.45, 2.75) is 12.6 Å². The monoisotopic (exact) mass is 228 g/mol. The lowest BCUT2D eigenvalue weighted by Crippen LogP contribution is -2.44. The molecule has 1 N–H and O–H groups in total. The molecule has 0 bridgehead atoms. The molecule has 0 amide bonds. The fourth-order valence-electron chi connectivity index (χ4n) is 2.09. The van der Waals surface area contributed by atoms with Gasteiger partial charge in [0, 0.05) is 0 Å². The molecule has 1 atom stereocenters. The minimum atomic E-state index is -2.36. The van der Waals surface area contributed by atoms with Gasteiger partial charge in [-0.3, -0.25) is 0 Å². The highest BCUT2D eigenvalue weighted by Crippen LogP contribution is 2.16. The van der Waals surface area contributed by atoms with Crippen molar-refractivity contribution in [3.05, 3.63) is 55.1 Å². The molecule has 0 aliphatic carbocycles. The predicted molar refractivity (Wildman–Crippen MR) is 72.4 cm³/mol. The molecule has 0 aliphatic heterocycles. The van der Waals surface area contributed by atoms with E-state index in [-0.39, 0.29) is 0 Å². The molecule has 1 unspecified atom stereocenters. The molecular weight excluding hydrogens is 212 g/mol. The van der Waals surface area contributed by atoms with Crippen LogP contribution < -0.4 is 5.19 Å². The van der Waals surface area contributed by atoms with Gasteiger partial charge in [0.1, 0.15) is 0 Å². The van der Waals surface area contributed by atoms with Gasteiger partial charge in [0.05, 0.1) is 0 Å². The van der Waals surface area contributed by atoms with E-state index in [9.17, 15) is 4.80 Å². The van der Waals surface area contributed by atoms with E-state index >= 15 is 0 Å². The van der Waals surface area contributed by atoms with E-state index in [4.69, 9.17) is 0 Å². The summed E-state index contributed by atoms with van der Waals surface area (Å²) in [4.78, 5) is 10.6. The van der Waals surface area contributed by atoms with Gasteiger partial charge in [0.25, 0.3) is 0 Å². The zero-order valence-electron chi connectivity index (χ0n) is 9.48. The van der Waals surface area contributed by atoms with E-state index in [1.807, 2.05) is 36.9 Å². The lowest BCUT2D eigenvalue weighted by molar-refractivity contribution is 0.563. The summed E-state index contributed by atoms with van der Waals surface area (Å²) in [5.41, 5.74) is 0. The first-order chi connectivity index (χ1) is 7.65. The highest BCUT2D eigenvalue weighted by molar-refractivity contribution is 6.86. The quantitative estimate of drug-likeness (QED) is 0.632. The van der Waals surface area contributed by atoms with Crippen LogP contribution in [-0.2, 0) is 0 Å². The highest BCUT2D eigenvalue weighted by Gasteiger charge is 2.27. The summed E-state index contributed by atoms with van der Waals surface area (Å²) in [5.74, 6) is 0. The molecule has 1 nitrogen and oxygen atoms in total. The van der Waals surface area contributed by atoms with E-state index in [1.54, 1.807) is 0 Å². The summed E-state index contributed by atoms with van der Waals surface area (Å²) >= 11 is 0. The van der Waals surface area contributed by atoms with Gasteiger partial charge in [-0.1, -0.05) is 48.5 Å². The Morgan fingerprint density at radius 2 is 1.88 bits per heavy atom. The molecule has 0 saturated carbocycles. The predicted octanol–water partition coefficient (Wildman–Crippen LogP) is 2.80. The Morgan fingerprint density at radius 3 is 2.62 bits per heavy atom. The van der Waals surface area contributed by atoms with E-state index in [0.717, 1.165) is 5.19 Å². The molecule has 2 aromatic rings. The van der Waals surface area contributed by atoms with Crippen molar-refractivity contribution in [3.8, 4) is 0 Å². The van der Waals surface area contributed by atoms with Crippen LogP contribution in [0, 0.1) is 0 Å². The van der Waals surface area contributed by atoms with Crippen molar-refractivity contribution in [2.75, 3.05) is 0 Å². The Hall–Kier alpha value is -1.38. The molecule has 0 heterocycles. The van der Waals surface area contributed by atoms with Crippen molar-refractivity contribution in [3.63, 3.8) is 0 Å². The molecule has 82 valence electrons. The van der Waals surface area contributed by atoms with E-state index in [1.165, 1.54) is 10.8 Å². The fraction of sp³-hybridized carbons (Fsp3) is 0.143. The average molecular weight is 228 g/mol. The summed E-state index contributed by atoms with van der Waals surface area (Å²) in [6, 6.07) is 15.0. The van der Waals surface area contributed by atoms with Crippen LogP contribution in [0.1, 0.15) is 0 Å². The Kier molecular flexibility index (Phi) is 2.94. The van der Waals surface area contributed by atoms with Crippen molar-refractivity contribution in [2.24, 2.45) is 0 Å². The normalized spacial score (nSPS) is 14.6. The maximum atomic E-state index is 10.6. The maximum Gasteiger partial charge on any atom is 0.221 e. The van der Waals surface area contributed by atoms with Gasteiger partial charge in [-0.15, -0.1) is 6.58 Å². The fourth-order valence-corrected chi connectivity index (χ4v) is 4.13. The van der Waals surface area contributed by atoms with Gasteiger partial charge < -0.3 is 4.80 Å². The number of allylic oxidation sites excluding steroid dienone is 1. The van der Waals surface area contributed by atoms with Crippen LogP contribution in [0.5, 0.6) is 0 Å². The Bertz CT molecular complexity index is 512. The summed E-state index contributed by atoms with van der Waals surface area (Å²) in [7, 11) is -2.36. The second-order valence-corrected chi connectivity index (χ2v) is 7.79. The van der Waals surface area contributed by atoms with Gasteiger partial charge in [-0.05, 0) is 28.6 Å². The first-order valence-corrected chi connectivity index (χ1v) is 8.12. The zero-order valence-corrected chi connectivity index (χ0v) is 10.5. The largest absolute Gasteiger partial charge is 0.427 e. The van der Waals surface area contributed by atoms with Gasteiger partial charge in [0.15, 0.2) is 0 Å². The third kappa shape index (κ3) is 1.94. The summed E-state index contributed by atoms with van der Waals surface area (Å²) in [6.07, 6.45) is 1.81. The van der Waals surface area contributed by atoms with Crippen LogP contribution in [0.15, 0.2) is 55.1 Å². The molecule has 2 heteroatoms. The SMILES string of the molecule is C=CC[Si](C)(O)c1cccc2ccccc12. The van der Waals surface area contributed by atoms with Crippen molar-refractivity contribution in [1.82, 2.24) is 0 Å². The van der Waals surface area contributed by atoms with Crippen LogP contribution in [0.4, 0.5) is 0 Å². The van der Waals surface area contributed by atoms with Crippen LogP contribution in [0.2, 0.25) is 12.6 Å². The van der Waals surface area contributed by atoms with Crippen LogP contribution in [0.3, 0.4) is 0 Å². The molecule has 2 aromatic carbocycles. The summed E-state index contributed by atoms with van der Waals surface area (Å²) in [6.45, 7) is 5.69. The molecule has 0 fully saturated rings. The van der Waals surface area contributed by atoms with Crippen molar-refractivity contribution in [1.29, 1.82) is 0 Å². The van der Waals surface area contributed by atoms with Crippen LogP contribution >= 0.6 is 0 Å². The topological polar surface area (TPSA) is 20.2 Å². The van der Waals surface area contributed by atoms with E-state index in [0.29, 0.717) is 6.04 Å². The minimum absolute atomic E-state index is 0.695. The van der Waals surface area contributed by atoms with Crippen LogP contribution in [-0.4, -0.2) is 13.1 Å². The lowest BCUT2D eigenvalue weighted by Gasteiger charge is -2.20. The molecule has 0 aliphatic rings. The standard InChI is InChI=1S/C14H16OSi/c1-3-11-16(2,15)14-10-6-8-12-7-4-5-9-13(12)14/h3-10,15H,1,11H2,2H3. The lowest BCUT2D eigenvalue weighted by atomic mass is 10.1. The van der Waals surface area contributed by atoms with Crippen LogP contribution in [0.25, 0.3) is 10.8 Å². The Labute approximate surface area is 97.2 Å². The Morgan fingerprint density at radius 1 is 1.19 bits per heavy atom. The molecular formula is C14H16OSi. The smallest absolute Gasteiger partial charge is 0.221 e. The summed E-state index contributed by atoms with van der Waals surface area (Å²) in [5, 5.41) is 3.46. The van der Waals surface area contributed by atoms with Gasteiger partial charge in [-0.25, -0.2) is 0 Å². The second-order valence-electron chi connectivity index (χ2n) is 4.29. The number of benzene rings is 2. The van der Waals surface area contributed by atoms with E-state index < -0.39 is 8.32 Å². The molecule has 2 rings (SSSR count). The van der Waals surface area contributed by atoms with Gasteiger partial charge in [-0.2, -0.15) is 0 Å². The molecule has 0 radical (unpaired) electrons. The van der Waals surface area contributed by atoms with E-state index in [2.05, 4.69) is 24.8 Å². The average Bonchev–Trinajstić information content (AvgIpc) is 2.28. The van der Waals surface area contributed by atoms with Gasteiger partial charge >= 0.3 is 0 Å². The third-order valence-electron chi connectivity index (χ3n) is 2.91. The number of hydrogen-bond donors (Lipinski definition) is 1. The Balaban J connectivity index is 2.64. The van der Waals surface area contributed by atoms with Crippen molar-refractivity contribution >= 4 is 24.3 Å². The summed E-state index contributed by atoms with van der Waals surface area (Å²) < 4.78 is 0. The third-order valence-corrected chi connectivity index (χ3v) is 5.59. The maximum absolute atomic E-state index is 10.6. The van der Waals surface area contributed by atoms with Gasteiger partial charge in [0.2, 0.25) is 8.32 Å². The number of rotatable bonds is 3. The highest BCUT2D eigenvalue weighted by atomic mass is 28.4. The zero-order chi connectivity index (χ0) is 11.6. The number of hydrogen-bond acceptors (Lipinski definition) is 1.